The lowest BCUT2D eigenvalue weighted by atomic mass is 9.98. The zero-order chi connectivity index (χ0) is 31.4. The Bertz CT molecular complexity index is 2030. The SMILES string of the molecule is Cc1ccccc1S(=O)(=O)Nc1ccc(Oc2ccc3cc(C#N)ccc3c2)c(-c2ccc(OCC(C)C)cc2C(=O)O)c1. The minimum absolute atomic E-state index is 0.0300. The topological polar surface area (TPSA) is 126 Å². The van der Waals surface area contributed by atoms with Gasteiger partial charge in [-0.05, 0) is 95.9 Å². The van der Waals surface area contributed by atoms with Crippen LogP contribution >= 0.6 is 0 Å². The number of sulfonamides is 1. The summed E-state index contributed by atoms with van der Waals surface area (Å²) in [5.74, 6) is 0.269. The molecule has 0 saturated heterocycles. The van der Waals surface area contributed by atoms with Crippen LogP contribution in [0.4, 0.5) is 5.69 Å². The Labute approximate surface area is 256 Å². The van der Waals surface area contributed by atoms with E-state index < -0.39 is 16.0 Å². The molecule has 0 saturated carbocycles. The van der Waals surface area contributed by atoms with Gasteiger partial charge in [0.25, 0.3) is 10.0 Å². The van der Waals surface area contributed by atoms with Crippen LogP contribution in [0.3, 0.4) is 0 Å². The average molecular weight is 607 g/mol. The van der Waals surface area contributed by atoms with E-state index >= 15 is 0 Å². The van der Waals surface area contributed by atoms with Crippen molar-refractivity contribution < 1.29 is 27.8 Å². The van der Waals surface area contributed by atoms with Gasteiger partial charge in [-0.25, -0.2) is 13.2 Å². The number of carboxylic acids is 1. The molecule has 5 rings (SSSR count). The number of carbonyl (C=O) groups is 1. The molecule has 0 aliphatic carbocycles. The Hall–Kier alpha value is -5.33. The van der Waals surface area contributed by atoms with Crippen molar-refractivity contribution in [2.24, 2.45) is 5.92 Å². The first kappa shape index (κ1) is 30.1. The van der Waals surface area contributed by atoms with E-state index in [-0.39, 0.29) is 22.1 Å². The molecule has 222 valence electrons. The summed E-state index contributed by atoms with van der Waals surface area (Å²) < 4.78 is 41.3. The van der Waals surface area contributed by atoms with E-state index in [1.165, 1.54) is 12.1 Å². The third kappa shape index (κ3) is 6.66. The van der Waals surface area contributed by atoms with E-state index in [9.17, 15) is 23.6 Å². The number of aromatic carboxylic acids is 1. The average Bonchev–Trinajstić information content (AvgIpc) is 3.00. The molecule has 0 amide bonds. The second-order valence-electron chi connectivity index (χ2n) is 10.7. The van der Waals surface area contributed by atoms with Gasteiger partial charge in [0.05, 0.1) is 28.7 Å². The smallest absolute Gasteiger partial charge is 0.336 e. The van der Waals surface area contributed by atoms with Gasteiger partial charge in [-0.15, -0.1) is 0 Å². The van der Waals surface area contributed by atoms with E-state index in [0.29, 0.717) is 46.1 Å². The number of nitrogens with one attached hydrogen (secondary N) is 1. The maximum absolute atomic E-state index is 13.3. The van der Waals surface area contributed by atoms with Crippen LogP contribution in [0.25, 0.3) is 21.9 Å². The normalized spacial score (nSPS) is 11.2. The molecule has 0 bridgehead atoms. The molecule has 8 nitrogen and oxygen atoms in total. The van der Waals surface area contributed by atoms with Crippen LogP contribution < -0.4 is 14.2 Å². The second kappa shape index (κ2) is 12.5. The molecule has 44 heavy (non-hydrogen) atoms. The van der Waals surface area contributed by atoms with E-state index in [2.05, 4.69) is 10.8 Å². The van der Waals surface area contributed by atoms with E-state index in [0.717, 1.165) is 10.8 Å². The summed E-state index contributed by atoms with van der Waals surface area (Å²) in [6.07, 6.45) is 0. The minimum Gasteiger partial charge on any atom is -0.493 e. The predicted octanol–water partition coefficient (Wildman–Crippen LogP) is 8.01. The van der Waals surface area contributed by atoms with Crippen LogP contribution in [0.5, 0.6) is 17.2 Å². The molecule has 0 atom stereocenters. The molecule has 2 N–H and O–H groups in total. The molecule has 9 heteroatoms. The first-order valence-corrected chi connectivity index (χ1v) is 15.4. The Kier molecular flexibility index (Phi) is 8.56. The Balaban J connectivity index is 1.60. The number of anilines is 1. The van der Waals surface area contributed by atoms with Crippen LogP contribution in [0.2, 0.25) is 0 Å². The highest BCUT2D eigenvalue weighted by molar-refractivity contribution is 7.92. The second-order valence-corrected chi connectivity index (χ2v) is 12.4. The van der Waals surface area contributed by atoms with Gasteiger partial charge in [0.15, 0.2) is 0 Å². The number of hydrogen-bond acceptors (Lipinski definition) is 6. The van der Waals surface area contributed by atoms with Crippen molar-refractivity contribution in [2.75, 3.05) is 11.3 Å². The van der Waals surface area contributed by atoms with Crippen molar-refractivity contribution in [1.82, 2.24) is 0 Å². The maximum atomic E-state index is 13.3. The number of hydrogen-bond donors (Lipinski definition) is 2. The Morgan fingerprint density at radius 3 is 2.34 bits per heavy atom. The number of carboxylic acid groups (broad SMARTS) is 1. The van der Waals surface area contributed by atoms with E-state index in [1.807, 2.05) is 32.0 Å². The molecule has 0 aromatic heterocycles. The number of nitriles is 1. The number of nitrogens with zero attached hydrogens (tertiary/aromatic N) is 1. The summed E-state index contributed by atoms with van der Waals surface area (Å²) in [6, 6.07) is 29.0. The van der Waals surface area contributed by atoms with Gasteiger partial charge in [0.1, 0.15) is 17.2 Å². The fourth-order valence-corrected chi connectivity index (χ4v) is 6.03. The number of rotatable bonds is 10. The molecule has 0 fully saturated rings. The third-order valence-corrected chi connectivity index (χ3v) is 8.42. The third-order valence-electron chi connectivity index (χ3n) is 6.88. The van der Waals surface area contributed by atoms with E-state index in [1.54, 1.807) is 73.7 Å². The fourth-order valence-electron chi connectivity index (χ4n) is 4.73. The van der Waals surface area contributed by atoms with Crippen molar-refractivity contribution in [2.45, 2.75) is 25.7 Å². The zero-order valence-electron chi connectivity index (χ0n) is 24.4. The van der Waals surface area contributed by atoms with Gasteiger partial charge in [0.2, 0.25) is 0 Å². The van der Waals surface area contributed by atoms with Crippen LogP contribution in [0.15, 0.2) is 102 Å². The summed E-state index contributed by atoms with van der Waals surface area (Å²) in [7, 11) is -3.94. The summed E-state index contributed by atoms with van der Waals surface area (Å²) in [6.45, 7) is 6.12. The van der Waals surface area contributed by atoms with Gasteiger partial charge >= 0.3 is 5.97 Å². The zero-order valence-corrected chi connectivity index (χ0v) is 25.2. The lowest BCUT2D eigenvalue weighted by Gasteiger charge is -2.17. The van der Waals surface area contributed by atoms with Crippen molar-refractivity contribution in [3.63, 3.8) is 0 Å². The molecule has 5 aromatic rings. The number of benzene rings is 5. The largest absolute Gasteiger partial charge is 0.493 e. The molecule has 0 heterocycles. The fraction of sp³-hybridized carbons (Fsp3) is 0.143. The lowest BCUT2D eigenvalue weighted by Crippen LogP contribution is -2.14. The first-order valence-electron chi connectivity index (χ1n) is 13.9. The van der Waals surface area contributed by atoms with Crippen LogP contribution in [-0.4, -0.2) is 26.1 Å². The molecule has 0 radical (unpaired) electrons. The maximum Gasteiger partial charge on any atom is 0.336 e. The summed E-state index contributed by atoms with van der Waals surface area (Å²) in [5, 5.41) is 21.1. The summed E-state index contributed by atoms with van der Waals surface area (Å²) in [4.78, 5) is 12.6. The highest BCUT2D eigenvalue weighted by Gasteiger charge is 2.21. The van der Waals surface area contributed by atoms with Gasteiger partial charge in [-0.1, -0.05) is 44.2 Å². The van der Waals surface area contributed by atoms with Gasteiger partial charge < -0.3 is 14.6 Å². The highest BCUT2D eigenvalue weighted by atomic mass is 32.2. The van der Waals surface area contributed by atoms with Gasteiger partial charge in [-0.3, -0.25) is 4.72 Å². The van der Waals surface area contributed by atoms with Gasteiger partial charge in [0, 0.05) is 16.8 Å². The summed E-state index contributed by atoms with van der Waals surface area (Å²) in [5.41, 5.74) is 2.01. The van der Waals surface area contributed by atoms with Crippen LogP contribution in [0, 0.1) is 24.2 Å². The van der Waals surface area contributed by atoms with Crippen molar-refractivity contribution in [3.8, 4) is 34.4 Å². The van der Waals surface area contributed by atoms with Crippen molar-refractivity contribution in [1.29, 1.82) is 5.26 Å². The molecule has 5 aromatic carbocycles. The minimum atomic E-state index is -3.94. The van der Waals surface area contributed by atoms with Gasteiger partial charge in [-0.2, -0.15) is 5.26 Å². The lowest BCUT2D eigenvalue weighted by molar-refractivity contribution is 0.0697. The van der Waals surface area contributed by atoms with Crippen molar-refractivity contribution >= 4 is 32.5 Å². The standard InChI is InChI=1S/C35H30N2O6S/c1-22(2)21-42-28-13-14-30(32(19-28)35(38)39)31-18-27(37-44(40,41)34-7-5-4-6-23(34)3)11-15-33(31)43-29-12-10-25-16-24(20-36)8-9-26(25)17-29/h4-19,22,37H,21H2,1-3H3,(H,38,39). The molecule has 0 spiro atoms. The molecule has 0 aliphatic heterocycles. The molecular weight excluding hydrogens is 576 g/mol. The Morgan fingerprint density at radius 2 is 1.61 bits per heavy atom. The van der Waals surface area contributed by atoms with Crippen LogP contribution in [-0.2, 0) is 10.0 Å². The van der Waals surface area contributed by atoms with Crippen molar-refractivity contribution in [3.05, 3.63) is 114 Å². The number of fused-ring (bicyclic) bond motifs is 1. The number of ether oxygens (including phenoxy) is 2. The first-order chi connectivity index (χ1) is 21.0. The molecule has 0 aliphatic rings. The summed E-state index contributed by atoms with van der Waals surface area (Å²) >= 11 is 0. The van der Waals surface area contributed by atoms with E-state index in [4.69, 9.17) is 9.47 Å². The van der Waals surface area contributed by atoms with Crippen LogP contribution in [0.1, 0.15) is 35.3 Å². The monoisotopic (exact) mass is 606 g/mol. The number of aryl methyl sites for hydroxylation is 1. The highest BCUT2D eigenvalue weighted by Crippen LogP contribution is 2.39. The molecular formula is C35H30N2O6S. The molecule has 0 unspecified atom stereocenters. The Morgan fingerprint density at radius 1 is 0.886 bits per heavy atom. The predicted molar refractivity (Wildman–Crippen MR) is 170 cm³/mol. The quantitative estimate of drug-likeness (QED) is 0.165.